The maximum atomic E-state index is 12.2. The van der Waals surface area contributed by atoms with E-state index in [-0.39, 0.29) is 18.1 Å². The number of Topliss-reactive ketones (excluding diaryl/α,β-unsaturated/α-hetero) is 1. The summed E-state index contributed by atoms with van der Waals surface area (Å²) >= 11 is 0. The Kier molecular flexibility index (Phi) is 3.88. The first-order valence-corrected chi connectivity index (χ1v) is 8.48. The van der Waals surface area contributed by atoms with E-state index >= 15 is 0 Å². The van der Waals surface area contributed by atoms with Crippen LogP contribution < -0.4 is 4.74 Å². The topological polar surface area (TPSA) is 46.6 Å². The van der Waals surface area contributed by atoms with Gasteiger partial charge >= 0.3 is 0 Å². The van der Waals surface area contributed by atoms with E-state index in [9.17, 15) is 9.59 Å². The van der Waals surface area contributed by atoms with E-state index in [2.05, 4.69) is 0 Å². The molecule has 1 amide bonds. The van der Waals surface area contributed by atoms with Crippen LogP contribution in [0.2, 0.25) is 0 Å². The van der Waals surface area contributed by atoms with Gasteiger partial charge in [0.1, 0.15) is 12.4 Å². The lowest BCUT2D eigenvalue weighted by Crippen LogP contribution is -2.40. The van der Waals surface area contributed by atoms with Gasteiger partial charge in [-0.2, -0.15) is 0 Å². The third-order valence-corrected chi connectivity index (χ3v) is 4.84. The van der Waals surface area contributed by atoms with Crippen LogP contribution >= 0.6 is 0 Å². The molecular formula is C21H19NO3. The molecule has 0 radical (unpaired) electrons. The SMILES string of the molecule is CC1=C2c3ccc(OCc4ccccc4)cc3CCN2C(=O)CC1=O. The summed E-state index contributed by atoms with van der Waals surface area (Å²) in [5.74, 6) is 0.636. The Balaban J connectivity index is 1.63. The first-order chi connectivity index (χ1) is 12.1. The average molecular weight is 333 g/mol. The highest BCUT2D eigenvalue weighted by atomic mass is 16.5. The molecule has 4 heteroatoms. The quantitative estimate of drug-likeness (QED) is 0.809. The molecule has 25 heavy (non-hydrogen) atoms. The molecule has 0 spiro atoms. The summed E-state index contributed by atoms with van der Waals surface area (Å²) < 4.78 is 5.90. The number of fused-ring (bicyclic) bond motifs is 3. The molecular weight excluding hydrogens is 314 g/mol. The molecule has 2 heterocycles. The smallest absolute Gasteiger partial charge is 0.234 e. The molecule has 4 nitrogen and oxygen atoms in total. The minimum absolute atomic E-state index is 0.0110. The molecule has 0 bridgehead atoms. The molecule has 2 aromatic rings. The van der Waals surface area contributed by atoms with E-state index < -0.39 is 0 Å². The van der Waals surface area contributed by atoms with Crippen molar-refractivity contribution in [1.29, 1.82) is 0 Å². The highest BCUT2D eigenvalue weighted by Gasteiger charge is 2.34. The van der Waals surface area contributed by atoms with Gasteiger partial charge in [0.2, 0.25) is 5.91 Å². The molecule has 2 aliphatic heterocycles. The first-order valence-electron chi connectivity index (χ1n) is 8.48. The van der Waals surface area contributed by atoms with Gasteiger partial charge in [0, 0.05) is 17.7 Å². The van der Waals surface area contributed by atoms with Crippen molar-refractivity contribution in [2.24, 2.45) is 0 Å². The minimum Gasteiger partial charge on any atom is -0.489 e. The fourth-order valence-electron chi connectivity index (χ4n) is 3.48. The minimum atomic E-state index is -0.0966. The van der Waals surface area contributed by atoms with Crippen LogP contribution in [0.1, 0.15) is 30.0 Å². The molecule has 2 aliphatic rings. The van der Waals surface area contributed by atoms with Gasteiger partial charge in [0.05, 0.1) is 12.1 Å². The largest absolute Gasteiger partial charge is 0.489 e. The van der Waals surface area contributed by atoms with E-state index in [1.807, 2.05) is 55.5 Å². The molecule has 0 fully saturated rings. The van der Waals surface area contributed by atoms with Crippen molar-refractivity contribution in [3.63, 3.8) is 0 Å². The average Bonchev–Trinajstić information content (AvgIpc) is 2.64. The fourth-order valence-corrected chi connectivity index (χ4v) is 3.48. The lowest BCUT2D eigenvalue weighted by atomic mass is 9.89. The van der Waals surface area contributed by atoms with Crippen molar-refractivity contribution in [3.8, 4) is 5.75 Å². The molecule has 4 rings (SSSR count). The molecule has 0 aliphatic carbocycles. The predicted octanol–water partition coefficient (Wildman–Crippen LogP) is 3.35. The Labute approximate surface area is 146 Å². The third kappa shape index (κ3) is 2.84. The molecule has 0 atom stereocenters. The van der Waals surface area contributed by atoms with Gasteiger partial charge in [-0.1, -0.05) is 30.3 Å². The van der Waals surface area contributed by atoms with Gasteiger partial charge < -0.3 is 9.64 Å². The van der Waals surface area contributed by atoms with Crippen molar-refractivity contribution < 1.29 is 14.3 Å². The van der Waals surface area contributed by atoms with Crippen LogP contribution in [0, 0.1) is 0 Å². The first kappa shape index (κ1) is 15.6. The number of hydrogen-bond acceptors (Lipinski definition) is 3. The maximum absolute atomic E-state index is 12.2. The molecule has 0 N–H and O–H groups in total. The summed E-state index contributed by atoms with van der Waals surface area (Å²) in [6.45, 7) is 2.95. The van der Waals surface area contributed by atoms with Crippen LogP contribution in [0.4, 0.5) is 0 Å². The van der Waals surface area contributed by atoms with Gasteiger partial charge in [-0.05, 0) is 42.7 Å². The fraction of sp³-hybridized carbons (Fsp3) is 0.238. The van der Waals surface area contributed by atoms with Crippen LogP contribution in [0.15, 0.2) is 54.1 Å². The number of allylic oxidation sites excluding steroid dienone is 1. The predicted molar refractivity (Wildman–Crippen MR) is 94.9 cm³/mol. The van der Waals surface area contributed by atoms with Crippen molar-refractivity contribution in [2.45, 2.75) is 26.4 Å². The highest BCUT2D eigenvalue weighted by molar-refractivity contribution is 6.16. The van der Waals surface area contributed by atoms with Gasteiger partial charge in [-0.15, -0.1) is 0 Å². The van der Waals surface area contributed by atoms with Gasteiger partial charge in [-0.25, -0.2) is 0 Å². The van der Waals surface area contributed by atoms with E-state index in [0.717, 1.165) is 34.6 Å². The van der Waals surface area contributed by atoms with Crippen LogP contribution in [0.5, 0.6) is 5.75 Å². The number of carbonyl (C=O) groups is 2. The summed E-state index contributed by atoms with van der Waals surface area (Å²) in [5.41, 5.74) is 4.67. The molecule has 0 saturated carbocycles. The second-order valence-electron chi connectivity index (χ2n) is 6.46. The summed E-state index contributed by atoms with van der Waals surface area (Å²) in [5, 5.41) is 0. The van der Waals surface area contributed by atoms with Crippen LogP contribution in [0.3, 0.4) is 0 Å². The summed E-state index contributed by atoms with van der Waals surface area (Å²) in [6, 6.07) is 15.9. The van der Waals surface area contributed by atoms with E-state index in [0.29, 0.717) is 18.7 Å². The molecule has 0 saturated heterocycles. The number of amides is 1. The zero-order valence-electron chi connectivity index (χ0n) is 14.1. The summed E-state index contributed by atoms with van der Waals surface area (Å²) in [6.07, 6.45) is 0.761. The monoisotopic (exact) mass is 333 g/mol. The summed E-state index contributed by atoms with van der Waals surface area (Å²) in [4.78, 5) is 26.0. The second kappa shape index (κ2) is 6.20. The Morgan fingerprint density at radius 1 is 1.08 bits per heavy atom. The number of nitrogens with zero attached hydrogens (tertiary/aromatic N) is 1. The van der Waals surface area contributed by atoms with Gasteiger partial charge in [0.25, 0.3) is 0 Å². The number of carbonyl (C=O) groups excluding carboxylic acids is 2. The van der Waals surface area contributed by atoms with Gasteiger partial charge in [0.15, 0.2) is 5.78 Å². The van der Waals surface area contributed by atoms with Crippen LogP contribution in [0.25, 0.3) is 5.70 Å². The Hall–Kier alpha value is -2.88. The van der Waals surface area contributed by atoms with Gasteiger partial charge in [-0.3, -0.25) is 9.59 Å². The number of ketones is 1. The Bertz CT molecular complexity index is 883. The number of rotatable bonds is 3. The van der Waals surface area contributed by atoms with Crippen molar-refractivity contribution in [2.75, 3.05) is 6.54 Å². The third-order valence-electron chi connectivity index (χ3n) is 4.84. The number of benzene rings is 2. The zero-order chi connectivity index (χ0) is 17.4. The maximum Gasteiger partial charge on any atom is 0.234 e. The van der Waals surface area contributed by atoms with Crippen LogP contribution in [-0.4, -0.2) is 23.1 Å². The van der Waals surface area contributed by atoms with Crippen molar-refractivity contribution in [1.82, 2.24) is 4.90 Å². The Morgan fingerprint density at radius 2 is 1.88 bits per heavy atom. The molecule has 2 aromatic carbocycles. The molecule has 0 unspecified atom stereocenters. The lowest BCUT2D eigenvalue weighted by molar-refractivity contribution is -0.133. The normalized spacial score (nSPS) is 16.6. The van der Waals surface area contributed by atoms with Crippen LogP contribution in [-0.2, 0) is 22.6 Å². The standard InChI is InChI=1S/C21H19NO3/c1-14-19(23)12-20(24)22-10-9-16-11-17(7-8-18(16)21(14)22)25-13-15-5-3-2-4-6-15/h2-8,11H,9-10,12-13H2,1H3. The second-order valence-corrected chi connectivity index (χ2v) is 6.46. The highest BCUT2D eigenvalue weighted by Crippen LogP contribution is 2.36. The Morgan fingerprint density at radius 3 is 2.68 bits per heavy atom. The molecule has 126 valence electrons. The number of hydrogen-bond donors (Lipinski definition) is 0. The lowest BCUT2D eigenvalue weighted by Gasteiger charge is -2.35. The zero-order valence-corrected chi connectivity index (χ0v) is 14.1. The van der Waals surface area contributed by atoms with E-state index in [4.69, 9.17) is 4.74 Å². The van der Waals surface area contributed by atoms with E-state index in [1.165, 1.54) is 0 Å². The van der Waals surface area contributed by atoms with Crippen molar-refractivity contribution >= 4 is 17.4 Å². The number of ether oxygens (including phenoxy) is 1. The molecule has 0 aromatic heterocycles. The van der Waals surface area contributed by atoms with E-state index in [1.54, 1.807) is 4.90 Å². The summed E-state index contributed by atoms with van der Waals surface area (Å²) in [7, 11) is 0. The van der Waals surface area contributed by atoms with Crippen molar-refractivity contribution in [3.05, 3.63) is 70.8 Å².